The van der Waals surface area contributed by atoms with E-state index in [1.54, 1.807) is 17.0 Å². The molecule has 1 saturated heterocycles. The van der Waals surface area contributed by atoms with Crippen LogP contribution in [0.25, 0.3) is 0 Å². The summed E-state index contributed by atoms with van der Waals surface area (Å²) in [7, 11) is 0. The Bertz CT molecular complexity index is 542. The van der Waals surface area contributed by atoms with Gasteiger partial charge in [0.25, 0.3) is 5.91 Å². The minimum Gasteiger partial charge on any atom is -0.355 e. The number of benzene rings is 1. The van der Waals surface area contributed by atoms with E-state index >= 15 is 0 Å². The first-order chi connectivity index (χ1) is 11.1. The number of nitrogens with one attached hydrogen (secondary N) is 1. The molecular formula is C17H24FN3O2. The van der Waals surface area contributed by atoms with Crippen molar-refractivity contribution in [3.05, 3.63) is 35.6 Å². The highest BCUT2D eigenvalue weighted by atomic mass is 19.1. The first-order valence-corrected chi connectivity index (χ1v) is 8.14. The fourth-order valence-electron chi connectivity index (χ4n) is 2.58. The molecule has 6 heteroatoms. The minimum absolute atomic E-state index is 0.0207. The zero-order valence-electron chi connectivity index (χ0n) is 13.6. The van der Waals surface area contributed by atoms with Gasteiger partial charge < -0.3 is 10.2 Å². The molecule has 0 spiro atoms. The third kappa shape index (κ3) is 5.03. The molecule has 1 aliphatic rings. The number of halogens is 1. The van der Waals surface area contributed by atoms with Crippen molar-refractivity contribution in [2.75, 3.05) is 39.3 Å². The molecule has 0 atom stereocenters. The van der Waals surface area contributed by atoms with Crippen LogP contribution < -0.4 is 5.32 Å². The topological polar surface area (TPSA) is 52.7 Å². The minimum atomic E-state index is -0.491. The summed E-state index contributed by atoms with van der Waals surface area (Å²) in [6.45, 7) is 5.41. The lowest BCUT2D eigenvalue weighted by atomic mass is 10.1. The van der Waals surface area contributed by atoms with E-state index in [1.165, 1.54) is 12.1 Å². The van der Waals surface area contributed by atoms with E-state index in [4.69, 9.17) is 0 Å². The van der Waals surface area contributed by atoms with Crippen molar-refractivity contribution in [1.29, 1.82) is 0 Å². The van der Waals surface area contributed by atoms with Gasteiger partial charge in [0.15, 0.2) is 0 Å². The van der Waals surface area contributed by atoms with Gasteiger partial charge in [-0.15, -0.1) is 0 Å². The number of hydrogen-bond acceptors (Lipinski definition) is 3. The van der Waals surface area contributed by atoms with Crippen molar-refractivity contribution >= 4 is 11.8 Å². The lowest BCUT2D eigenvalue weighted by Gasteiger charge is -2.34. The summed E-state index contributed by atoms with van der Waals surface area (Å²) in [5.41, 5.74) is 0.109. The molecule has 23 heavy (non-hydrogen) atoms. The van der Waals surface area contributed by atoms with Crippen LogP contribution in [0.5, 0.6) is 0 Å². The normalized spacial score (nSPS) is 15.5. The molecule has 1 fully saturated rings. The average Bonchev–Trinajstić information content (AvgIpc) is 2.56. The van der Waals surface area contributed by atoms with Crippen molar-refractivity contribution < 1.29 is 14.0 Å². The van der Waals surface area contributed by atoms with Gasteiger partial charge in [-0.3, -0.25) is 14.5 Å². The molecule has 1 heterocycles. The Morgan fingerprint density at radius 2 is 1.87 bits per heavy atom. The second kappa shape index (κ2) is 8.62. The summed E-state index contributed by atoms with van der Waals surface area (Å²) in [5.74, 6) is -0.752. The summed E-state index contributed by atoms with van der Waals surface area (Å²) in [4.78, 5) is 27.8. The summed E-state index contributed by atoms with van der Waals surface area (Å²) < 4.78 is 13.7. The monoisotopic (exact) mass is 321 g/mol. The molecule has 0 unspecified atom stereocenters. The van der Waals surface area contributed by atoms with Gasteiger partial charge in [0.2, 0.25) is 5.91 Å². The van der Waals surface area contributed by atoms with Crippen LogP contribution in [0.15, 0.2) is 24.3 Å². The maximum Gasteiger partial charge on any atom is 0.256 e. The summed E-state index contributed by atoms with van der Waals surface area (Å²) in [5, 5.41) is 2.89. The molecule has 2 amide bonds. The van der Waals surface area contributed by atoms with Crippen LogP contribution in [0.4, 0.5) is 4.39 Å². The molecule has 0 aliphatic carbocycles. The molecule has 126 valence electrons. The molecule has 0 radical (unpaired) electrons. The number of carbonyl (C=O) groups is 2. The second-order valence-corrected chi connectivity index (χ2v) is 5.75. The standard InChI is InChI=1S/C17H24FN3O2/c1-2-3-8-19-16(22)13-20-9-11-21(12-10-20)17(23)14-6-4-5-7-15(14)18/h4-7H,2-3,8-13H2,1H3,(H,19,22). The summed E-state index contributed by atoms with van der Waals surface area (Å²) in [6.07, 6.45) is 2.04. The number of unbranched alkanes of at least 4 members (excludes halogenated alkanes) is 1. The van der Waals surface area contributed by atoms with Gasteiger partial charge in [-0.25, -0.2) is 4.39 Å². The van der Waals surface area contributed by atoms with E-state index in [-0.39, 0.29) is 17.4 Å². The second-order valence-electron chi connectivity index (χ2n) is 5.75. The summed E-state index contributed by atoms with van der Waals surface area (Å²) >= 11 is 0. The fraction of sp³-hybridized carbons (Fsp3) is 0.529. The maximum absolute atomic E-state index is 13.7. The van der Waals surface area contributed by atoms with E-state index in [2.05, 4.69) is 12.2 Å². The van der Waals surface area contributed by atoms with Crippen LogP contribution in [0.2, 0.25) is 0 Å². The molecule has 1 aromatic rings. The van der Waals surface area contributed by atoms with Crippen molar-refractivity contribution in [2.45, 2.75) is 19.8 Å². The lowest BCUT2D eigenvalue weighted by molar-refractivity contribution is -0.122. The first-order valence-electron chi connectivity index (χ1n) is 8.14. The van der Waals surface area contributed by atoms with Crippen LogP contribution in [0, 0.1) is 5.82 Å². The SMILES string of the molecule is CCCCNC(=O)CN1CCN(C(=O)c2ccccc2F)CC1. The van der Waals surface area contributed by atoms with Crippen LogP contribution in [0.1, 0.15) is 30.1 Å². The Balaban J connectivity index is 1.79. The first kappa shape index (κ1) is 17.4. The van der Waals surface area contributed by atoms with E-state index in [9.17, 15) is 14.0 Å². The molecule has 0 bridgehead atoms. The van der Waals surface area contributed by atoms with Gasteiger partial charge in [0.05, 0.1) is 12.1 Å². The number of rotatable bonds is 6. The third-order valence-electron chi connectivity index (χ3n) is 3.98. The molecule has 0 saturated carbocycles. The number of amides is 2. The van der Waals surface area contributed by atoms with E-state index in [0.717, 1.165) is 12.8 Å². The Hall–Kier alpha value is -1.95. The van der Waals surface area contributed by atoms with Crippen molar-refractivity contribution in [3.63, 3.8) is 0 Å². The zero-order chi connectivity index (χ0) is 16.7. The number of nitrogens with zero attached hydrogens (tertiary/aromatic N) is 2. The molecular weight excluding hydrogens is 297 g/mol. The quantitative estimate of drug-likeness (QED) is 0.808. The zero-order valence-corrected chi connectivity index (χ0v) is 13.6. The number of piperazine rings is 1. The largest absolute Gasteiger partial charge is 0.355 e. The predicted octanol–water partition coefficient (Wildman–Crippen LogP) is 1.50. The number of hydrogen-bond donors (Lipinski definition) is 1. The Morgan fingerprint density at radius 1 is 1.17 bits per heavy atom. The lowest BCUT2D eigenvalue weighted by Crippen LogP contribution is -2.51. The van der Waals surface area contributed by atoms with E-state index in [1.807, 2.05) is 4.90 Å². The highest BCUT2D eigenvalue weighted by Gasteiger charge is 2.24. The van der Waals surface area contributed by atoms with Crippen LogP contribution in [-0.2, 0) is 4.79 Å². The van der Waals surface area contributed by atoms with Gasteiger partial charge in [-0.2, -0.15) is 0 Å². The fourth-order valence-corrected chi connectivity index (χ4v) is 2.58. The van der Waals surface area contributed by atoms with Gasteiger partial charge >= 0.3 is 0 Å². The Morgan fingerprint density at radius 3 is 2.52 bits per heavy atom. The molecule has 1 aromatic carbocycles. The van der Waals surface area contributed by atoms with Crippen LogP contribution >= 0.6 is 0 Å². The van der Waals surface area contributed by atoms with Gasteiger partial charge in [0.1, 0.15) is 5.82 Å². The van der Waals surface area contributed by atoms with Crippen molar-refractivity contribution in [2.24, 2.45) is 0 Å². The van der Waals surface area contributed by atoms with Gasteiger partial charge in [-0.05, 0) is 18.6 Å². The predicted molar refractivity (Wildman–Crippen MR) is 86.7 cm³/mol. The van der Waals surface area contributed by atoms with Gasteiger partial charge in [-0.1, -0.05) is 25.5 Å². The van der Waals surface area contributed by atoms with Crippen molar-refractivity contribution in [3.8, 4) is 0 Å². The highest BCUT2D eigenvalue weighted by Crippen LogP contribution is 2.12. The van der Waals surface area contributed by atoms with E-state index < -0.39 is 5.82 Å². The highest BCUT2D eigenvalue weighted by molar-refractivity contribution is 5.94. The molecule has 1 N–H and O–H groups in total. The Kier molecular flexibility index (Phi) is 6.52. The molecule has 2 rings (SSSR count). The van der Waals surface area contributed by atoms with Gasteiger partial charge in [0, 0.05) is 32.7 Å². The average molecular weight is 321 g/mol. The molecule has 0 aromatic heterocycles. The van der Waals surface area contributed by atoms with E-state index in [0.29, 0.717) is 39.3 Å². The molecule has 1 aliphatic heterocycles. The maximum atomic E-state index is 13.7. The Labute approximate surface area is 136 Å². The smallest absolute Gasteiger partial charge is 0.256 e. The van der Waals surface area contributed by atoms with Crippen molar-refractivity contribution in [1.82, 2.24) is 15.1 Å². The van der Waals surface area contributed by atoms with Crippen LogP contribution in [-0.4, -0.2) is 60.9 Å². The molecule has 5 nitrogen and oxygen atoms in total. The van der Waals surface area contributed by atoms with Crippen LogP contribution in [0.3, 0.4) is 0 Å². The number of carbonyl (C=O) groups excluding carboxylic acids is 2. The summed E-state index contributed by atoms with van der Waals surface area (Å²) in [6, 6.07) is 6.03. The third-order valence-corrected chi connectivity index (χ3v) is 3.98.